The third-order valence-electron chi connectivity index (χ3n) is 4.48. The topological polar surface area (TPSA) is 78.9 Å². The first-order valence-corrected chi connectivity index (χ1v) is 7.94. The second-order valence-corrected chi connectivity index (χ2v) is 6.03. The first-order valence-electron chi connectivity index (χ1n) is 7.94. The third-order valence-corrected chi connectivity index (χ3v) is 4.48. The van der Waals surface area contributed by atoms with Gasteiger partial charge in [-0.25, -0.2) is 0 Å². The smallest absolute Gasteiger partial charge is 0.311 e. The number of amides is 1. The van der Waals surface area contributed by atoms with Gasteiger partial charge in [0.1, 0.15) is 5.92 Å². The zero-order valence-corrected chi connectivity index (χ0v) is 12.7. The number of carbonyl (C=O) groups is 2. The van der Waals surface area contributed by atoms with E-state index in [4.69, 9.17) is 4.74 Å². The van der Waals surface area contributed by atoms with E-state index in [0.717, 1.165) is 32.4 Å². The van der Waals surface area contributed by atoms with Crippen LogP contribution in [0.2, 0.25) is 0 Å². The minimum atomic E-state index is -0.869. The minimum Gasteiger partial charge on any atom is -0.481 e. The Morgan fingerprint density at radius 2 is 2.19 bits per heavy atom. The van der Waals surface area contributed by atoms with Crippen molar-refractivity contribution in [2.24, 2.45) is 11.8 Å². The Morgan fingerprint density at radius 3 is 2.81 bits per heavy atom. The van der Waals surface area contributed by atoms with Gasteiger partial charge in [0.25, 0.3) is 0 Å². The molecule has 0 radical (unpaired) electrons. The fraction of sp³-hybridized carbons (Fsp3) is 0.867. The third kappa shape index (κ3) is 4.17. The van der Waals surface area contributed by atoms with Gasteiger partial charge in [0.15, 0.2) is 0 Å². The van der Waals surface area contributed by atoms with Gasteiger partial charge in [-0.1, -0.05) is 6.92 Å². The van der Waals surface area contributed by atoms with E-state index in [0.29, 0.717) is 25.5 Å². The van der Waals surface area contributed by atoms with Crippen LogP contribution in [-0.2, 0) is 14.3 Å². The zero-order valence-electron chi connectivity index (χ0n) is 12.7. The van der Waals surface area contributed by atoms with Crippen molar-refractivity contribution in [3.05, 3.63) is 0 Å². The molecule has 2 N–H and O–H groups in total. The molecule has 6 heteroatoms. The van der Waals surface area contributed by atoms with Gasteiger partial charge in [-0.05, 0) is 38.3 Å². The van der Waals surface area contributed by atoms with Crippen molar-refractivity contribution >= 4 is 11.9 Å². The lowest BCUT2D eigenvalue weighted by Crippen LogP contribution is -2.47. The average molecular weight is 298 g/mol. The lowest BCUT2D eigenvalue weighted by molar-refractivity contribution is -0.145. The second-order valence-electron chi connectivity index (χ2n) is 6.03. The number of hydrogen-bond acceptors (Lipinski definition) is 4. The van der Waals surface area contributed by atoms with Crippen molar-refractivity contribution in [1.82, 2.24) is 10.2 Å². The highest BCUT2D eigenvalue weighted by Gasteiger charge is 2.39. The van der Waals surface area contributed by atoms with E-state index < -0.39 is 11.9 Å². The van der Waals surface area contributed by atoms with E-state index >= 15 is 0 Å². The largest absolute Gasteiger partial charge is 0.481 e. The van der Waals surface area contributed by atoms with E-state index in [1.54, 1.807) is 4.90 Å². The van der Waals surface area contributed by atoms with Gasteiger partial charge >= 0.3 is 5.97 Å². The van der Waals surface area contributed by atoms with Crippen molar-refractivity contribution in [2.45, 2.75) is 38.6 Å². The summed E-state index contributed by atoms with van der Waals surface area (Å²) in [5.74, 6) is -0.807. The summed E-state index contributed by atoms with van der Waals surface area (Å²) < 4.78 is 5.30. The zero-order chi connectivity index (χ0) is 15.2. The van der Waals surface area contributed by atoms with Gasteiger partial charge in [-0.2, -0.15) is 0 Å². The molecule has 0 bridgehead atoms. The molecular weight excluding hydrogens is 272 g/mol. The van der Waals surface area contributed by atoms with Crippen LogP contribution in [0.15, 0.2) is 0 Å². The predicted octanol–water partition coefficient (Wildman–Crippen LogP) is 0.714. The van der Waals surface area contributed by atoms with E-state index in [9.17, 15) is 14.7 Å². The Balaban J connectivity index is 1.93. The van der Waals surface area contributed by atoms with E-state index in [1.165, 1.54) is 0 Å². The molecule has 0 saturated carbocycles. The minimum absolute atomic E-state index is 0.0745. The lowest BCUT2D eigenvalue weighted by atomic mass is 9.99. The molecule has 0 aliphatic carbocycles. The number of carbonyl (C=O) groups excluding carboxylic acids is 1. The van der Waals surface area contributed by atoms with Crippen LogP contribution >= 0.6 is 0 Å². The normalized spacial score (nSPS) is 28.7. The standard InChI is InChI=1S/C15H26N2O4/c1-2-7-17(13-10-21-9-12(13)15(19)20)14(18)4-3-11-5-6-16-8-11/h11-13,16H,2-10H2,1H3,(H,19,20). The molecule has 2 saturated heterocycles. The molecule has 0 aromatic heterocycles. The SMILES string of the molecule is CCCN(C(=O)CCC1CCNC1)C1COCC1C(=O)O. The molecule has 2 rings (SSSR count). The molecule has 120 valence electrons. The van der Waals surface area contributed by atoms with E-state index in [-0.39, 0.29) is 18.6 Å². The number of carboxylic acid groups (broad SMARTS) is 1. The van der Waals surface area contributed by atoms with Crippen molar-refractivity contribution in [3.8, 4) is 0 Å². The Labute approximate surface area is 125 Å². The molecular formula is C15H26N2O4. The number of nitrogens with one attached hydrogen (secondary N) is 1. The summed E-state index contributed by atoms with van der Waals surface area (Å²) in [7, 11) is 0. The molecule has 21 heavy (non-hydrogen) atoms. The van der Waals surface area contributed by atoms with Crippen molar-refractivity contribution in [3.63, 3.8) is 0 Å². The van der Waals surface area contributed by atoms with Gasteiger partial charge in [-0.15, -0.1) is 0 Å². The highest BCUT2D eigenvalue weighted by Crippen LogP contribution is 2.23. The molecule has 0 aromatic carbocycles. The predicted molar refractivity (Wildman–Crippen MR) is 77.9 cm³/mol. The molecule has 2 heterocycles. The highest BCUT2D eigenvalue weighted by molar-refractivity contribution is 5.78. The molecule has 2 fully saturated rings. The second kappa shape index (κ2) is 7.75. The van der Waals surface area contributed by atoms with Crippen LogP contribution in [0.1, 0.15) is 32.6 Å². The summed E-state index contributed by atoms with van der Waals surface area (Å²) in [4.78, 5) is 25.5. The van der Waals surface area contributed by atoms with E-state index in [1.807, 2.05) is 6.92 Å². The number of aliphatic carboxylic acids is 1. The van der Waals surface area contributed by atoms with Crippen LogP contribution < -0.4 is 5.32 Å². The summed E-state index contributed by atoms with van der Waals surface area (Å²) in [6.45, 7) is 5.19. The Bertz CT molecular complexity index is 369. The van der Waals surface area contributed by atoms with Crippen LogP contribution in [0.25, 0.3) is 0 Å². The van der Waals surface area contributed by atoms with Crippen molar-refractivity contribution in [1.29, 1.82) is 0 Å². The van der Waals surface area contributed by atoms with Crippen molar-refractivity contribution in [2.75, 3.05) is 32.8 Å². The number of nitrogens with zero attached hydrogens (tertiary/aromatic N) is 1. The van der Waals surface area contributed by atoms with Gasteiger partial charge in [0.2, 0.25) is 5.91 Å². The maximum absolute atomic E-state index is 12.5. The molecule has 3 unspecified atom stereocenters. The monoisotopic (exact) mass is 298 g/mol. The first kappa shape index (κ1) is 16.2. The maximum Gasteiger partial charge on any atom is 0.311 e. The summed E-state index contributed by atoms with van der Waals surface area (Å²) >= 11 is 0. The summed E-state index contributed by atoms with van der Waals surface area (Å²) in [6, 6.07) is -0.309. The quantitative estimate of drug-likeness (QED) is 0.724. The summed E-state index contributed by atoms with van der Waals surface area (Å²) in [6.07, 6.45) is 3.36. The number of hydrogen-bond donors (Lipinski definition) is 2. The highest BCUT2D eigenvalue weighted by atomic mass is 16.5. The summed E-state index contributed by atoms with van der Waals surface area (Å²) in [5, 5.41) is 12.6. The fourth-order valence-corrected chi connectivity index (χ4v) is 3.23. The molecule has 6 nitrogen and oxygen atoms in total. The first-order chi connectivity index (χ1) is 10.1. The maximum atomic E-state index is 12.5. The number of carboxylic acids is 1. The van der Waals surface area contributed by atoms with Gasteiger partial charge in [-0.3, -0.25) is 9.59 Å². The van der Waals surface area contributed by atoms with Gasteiger partial charge < -0.3 is 20.1 Å². The summed E-state index contributed by atoms with van der Waals surface area (Å²) in [5.41, 5.74) is 0. The van der Waals surface area contributed by atoms with Crippen LogP contribution in [0.4, 0.5) is 0 Å². The molecule has 0 spiro atoms. The van der Waals surface area contributed by atoms with Crippen LogP contribution in [0.5, 0.6) is 0 Å². The van der Waals surface area contributed by atoms with Crippen LogP contribution in [-0.4, -0.2) is 60.8 Å². The van der Waals surface area contributed by atoms with Gasteiger partial charge in [0, 0.05) is 13.0 Å². The molecule has 2 aliphatic heterocycles. The van der Waals surface area contributed by atoms with Crippen molar-refractivity contribution < 1.29 is 19.4 Å². The van der Waals surface area contributed by atoms with Gasteiger partial charge in [0.05, 0.1) is 19.3 Å². The Kier molecular flexibility index (Phi) is 5.99. The van der Waals surface area contributed by atoms with Crippen LogP contribution in [0, 0.1) is 11.8 Å². The Morgan fingerprint density at radius 1 is 1.38 bits per heavy atom. The fourth-order valence-electron chi connectivity index (χ4n) is 3.23. The molecule has 2 aliphatic rings. The molecule has 3 atom stereocenters. The lowest BCUT2D eigenvalue weighted by Gasteiger charge is -2.30. The van der Waals surface area contributed by atoms with Crippen LogP contribution in [0.3, 0.4) is 0 Å². The molecule has 0 aromatic rings. The van der Waals surface area contributed by atoms with E-state index in [2.05, 4.69) is 5.32 Å². The number of rotatable bonds is 7. The molecule has 1 amide bonds. The Hall–Kier alpha value is -1.14. The number of ether oxygens (including phenoxy) is 1. The average Bonchev–Trinajstić information content (AvgIpc) is 3.12.